The summed E-state index contributed by atoms with van der Waals surface area (Å²) in [4.78, 5) is 16.6. The maximum Gasteiger partial charge on any atom is 0.328 e. The first-order chi connectivity index (χ1) is 9.93. The molecule has 0 amide bonds. The average Bonchev–Trinajstić information content (AvgIpc) is 2.78. The van der Waals surface area contributed by atoms with Crippen molar-refractivity contribution in [2.45, 2.75) is 31.3 Å². The molecule has 1 fully saturated rings. The van der Waals surface area contributed by atoms with Gasteiger partial charge >= 0.3 is 5.97 Å². The van der Waals surface area contributed by atoms with Gasteiger partial charge < -0.3 is 10.0 Å². The zero-order valence-electron chi connectivity index (χ0n) is 13.0. The van der Waals surface area contributed by atoms with Crippen LogP contribution in [0.5, 0.6) is 0 Å². The zero-order chi connectivity index (χ0) is 15.5. The van der Waals surface area contributed by atoms with Gasteiger partial charge in [0.05, 0.1) is 0 Å². The topological polar surface area (TPSA) is 43.8 Å². The van der Waals surface area contributed by atoms with Crippen LogP contribution in [0.15, 0.2) is 17.5 Å². The number of carboxylic acid groups (broad SMARTS) is 1. The molecule has 1 aromatic rings. The van der Waals surface area contributed by atoms with Gasteiger partial charge in [-0.25, -0.2) is 4.79 Å². The Hall–Kier alpha value is -1.17. The van der Waals surface area contributed by atoms with Gasteiger partial charge in [0.1, 0.15) is 0 Å². The van der Waals surface area contributed by atoms with E-state index in [1.165, 1.54) is 30.2 Å². The first-order valence-corrected chi connectivity index (χ1v) is 8.14. The van der Waals surface area contributed by atoms with Gasteiger partial charge in [-0.3, -0.25) is 4.90 Å². The molecular weight excluding hydrogens is 284 g/mol. The second-order valence-corrected chi connectivity index (χ2v) is 7.12. The number of hydrogen-bond donors (Lipinski definition) is 1. The maximum absolute atomic E-state index is 10.6. The van der Waals surface area contributed by atoms with Gasteiger partial charge in [-0.05, 0) is 63.5 Å². The van der Waals surface area contributed by atoms with Crippen molar-refractivity contribution in [1.82, 2.24) is 9.80 Å². The van der Waals surface area contributed by atoms with E-state index in [0.29, 0.717) is 5.54 Å². The van der Waals surface area contributed by atoms with Gasteiger partial charge in [-0.15, -0.1) is 11.3 Å². The van der Waals surface area contributed by atoms with E-state index in [2.05, 4.69) is 30.9 Å². The summed E-state index contributed by atoms with van der Waals surface area (Å²) in [5.41, 5.74) is 1.34. The molecule has 2 rings (SSSR count). The fourth-order valence-electron chi connectivity index (χ4n) is 2.92. The van der Waals surface area contributed by atoms with E-state index in [0.717, 1.165) is 18.7 Å². The van der Waals surface area contributed by atoms with Gasteiger partial charge in [0.15, 0.2) is 0 Å². The predicted octanol–water partition coefficient (Wildman–Crippen LogP) is 2.76. The van der Waals surface area contributed by atoms with Crippen molar-refractivity contribution in [3.63, 3.8) is 0 Å². The monoisotopic (exact) mass is 308 g/mol. The Morgan fingerprint density at radius 2 is 2.14 bits per heavy atom. The van der Waals surface area contributed by atoms with Crippen LogP contribution in [0.25, 0.3) is 6.08 Å². The molecule has 1 saturated carbocycles. The lowest BCUT2D eigenvalue weighted by Crippen LogP contribution is -2.56. The van der Waals surface area contributed by atoms with Gasteiger partial charge in [-0.1, -0.05) is 0 Å². The summed E-state index contributed by atoms with van der Waals surface area (Å²) < 4.78 is 0. The third kappa shape index (κ3) is 3.93. The lowest BCUT2D eigenvalue weighted by molar-refractivity contribution is -0.131. The van der Waals surface area contributed by atoms with Crippen molar-refractivity contribution in [1.29, 1.82) is 0 Å². The van der Waals surface area contributed by atoms with Crippen molar-refractivity contribution in [3.05, 3.63) is 28.0 Å². The Balaban J connectivity index is 1.98. The highest BCUT2D eigenvalue weighted by Gasteiger charge is 2.39. The molecule has 0 aromatic carbocycles. The van der Waals surface area contributed by atoms with Crippen molar-refractivity contribution in [2.75, 3.05) is 27.7 Å². The van der Waals surface area contributed by atoms with Crippen LogP contribution < -0.4 is 0 Å². The lowest BCUT2D eigenvalue weighted by Gasteiger charge is -2.49. The number of carboxylic acids is 1. The van der Waals surface area contributed by atoms with Crippen LogP contribution >= 0.6 is 11.3 Å². The standard InChI is InChI=1S/C16H24N2O2S/c1-17(2)16(8-4-9-16)12-18(3)11-14-13(7-10-21-14)5-6-15(19)20/h5-7,10H,4,8-9,11-12H2,1-3H3,(H,19,20)/b6-5+. The van der Waals surface area contributed by atoms with E-state index < -0.39 is 5.97 Å². The highest BCUT2D eigenvalue weighted by Crippen LogP contribution is 2.37. The molecular formula is C16H24N2O2S. The Labute approximate surface area is 130 Å². The highest BCUT2D eigenvalue weighted by molar-refractivity contribution is 7.10. The molecule has 1 heterocycles. The van der Waals surface area contributed by atoms with Gasteiger partial charge in [0, 0.05) is 29.6 Å². The van der Waals surface area contributed by atoms with Crippen LogP contribution in [-0.2, 0) is 11.3 Å². The van der Waals surface area contributed by atoms with Crippen LogP contribution in [0.1, 0.15) is 29.7 Å². The third-order valence-electron chi connectivity index (χ3n) is 4.40. The number of carbonyl (C=O) groups is 1. The first-order valence-electron chi connectivity index (χ1n) is 7.26. The summed E-state index contributed by atoms with van der Waals surface area (Å²) in [5.74, 6) is -0.901. The van der Waals surface area contributed by atoms with Crippen molar-refractivity contribution in [2.24, 2.45) is 0 Å². The largest absolute Gasteiger partial charge is 0.478 e. The molecule has 21 heavy (non-hydrogen) atoms. The SMILES string of the molecule is CN(Cc1sccc1/C=C/C(=O)O)CC1(N(C)C)CCC1. The quantitative estimate of drug-likeness (QED) is 0.787. The summed E-state index contributed by atoms with van der Waals surface area (Å²) in [6, 6.07) is 1.98. The van der Waals surface area contributed by atoms with Crippen molar-refractivity contribution < 1.29 is 9.90 Å². The van der Waals surface area contributed by atoms with E-state index in [-0.39, 0.29) is 0 Å². The highest BCUT2D eigenvalue weighted by atomic mass is 32.1. The molecule has 0 bridgehead atoms. The number of nitrogens with zero attached hydrogens (tertiary/aromatic N) is 2. The summed E-state index contributed by atoms with van der Waals surface area (Å²) in [7, 11) is 6.48. The number of aliphatic carboxylic acids is 1. The number of likely N-dealkylation sites (N-methyl/N-ethyl adjacent to an activating group) is 2. The van der Waals surface area contributed by atoms with Crippen molar-refractivity contribution in [3.8, 4) is 0 Å². The number of thiophene rings is 1. The molecule has 0 saturated heterocycles. The molecule has 116 valence electrons. The van der Waals surface area contributed by atoms with E-state index in [1.807, 2.05) is 11.4 Å². The summed E-state index contributed by atoms with van der Waals surface area (Å²) >= 11 is 1.69. The molecule has 1 aliphatic carbocycles. The van der Waals surface area contributed by atoms with Crippen LogP contribution in [0, 0.1) is 0 Å². The van der Waals surface area contributed by atoms with Crippen LogP contribution in [-0.4, -0.2) is 54.1 Å². The molecule has 0 aliphatic heterocycles. The Morgan fingerprint density at radius 1 is 1.43 bits per heavy atom. The smallest absolute Gasteiger partial charge is 0.328 e. The minimum Gasteiger partial charge on any atom is -0.478 e. The number of rotatable bonds is 7. The molecule has 1 aromatic heterocycles. The summed E-state index contributed by atoms with van der Waals surface area (Å²) in [6.07, 6.45) is 6.74. The van der Waals surface area contributed by atoms with Gasteiger partial charge in [0.2, 0.25) is 0 Å². The molecule has 1 N–H and O–H groups in total. The predicted molar refractivity (Wildman–Crippen MR) is 87.6 cm³/mol. The lowest BCUT2D eigenvalue weighted by atomic mass is 9.75. The fraction of sp³-hybridized carbons (Fsp3) is 0.562. The molecule has 0 unspecified atom stereocenters. The van der Waals surface area contributed by atoms with Crippen LogP contribution in [0.2, 0.25) is 0 Å². The molecule has 0 spiro atoms. The molecule has 0 radical (unpaired) electrons. The third-order valence-corrected chi connectivity index (χ3v) is 5.32. The normalized spacial score (nSPS) is 17.6. The molecule has 5 heteroatoms. The molecule has 0 atom stereocenters. The fourth-order valence-corrected chi connectivity index (χ4v) is 3.87. The van der Waals surface area contributed by atoms with Gasteiger partial charge in [-0.2, -0.15) is 0 Å². The Bertz CT molecular complexity index is 518. The van der Waals surface area contributed by atoms with Gasteiger partial charge in [0.25, 0.3) is 0 Å². The maximum atomic E-state index is 10.6. The van der Waals surface area contributed by atoms with E-state index in [4.69, 9.17) is 5.11 Å². The van der Waals surface area contributed by atoms with E-state index in [1.54, 1.807) is 17.4 Å². The van der Waals surface area contributed by atoms with Crippen molar-refractivity contribution >= 4 is 23.4 Å². The summed E-state index contributed by atoms with van der Waals surface area (Å²) in [5, 5.41) is 10.8. The average molecular weight is 308 g/mol. The van der Waals surface area contributed by atoms with Crippen LogP contribution in [0.4, 0.5) is 0 Å². The second-order valence-electron chi connectivity index (χ2n) is 6.12. The van der Waals surface area contributed by atoms with E-state index >= 15 is 0 Å². The molecule has 4 nitrogen and oxygen atoms in total. The van der Waals surface area contributed by atoms with Crippen LogP contribution in [0.3, 0.4) is 0 Å². The minimum atomic E-state index is -0.901. The zero-order valence-corrected chi connectivity index (χ0v) is 13.8. The second kappa shape index (κ2) is 6.73. The number of hydrogen-bond acceptors (Lipinski definition) is 4. The van der Waals surface area contributed by atoms with E-state index in [9.17, 15) is 4.79 Å². The molecule has 1 aliphatic rings. The Morgan fingerprint density at radius 3 is 2.67 bits per heavy atom. The summed E-state index contributed by atoms with van der Waals surface area (Å²) in [6.45, 7) is 1.92. The first kappa shape index (κ1) is 16.2. The Kier molecular flexibility index (Phi) is 5.19. The minimum absolute atomic E-state index is 0.322.